The van der Waals surface area contributed by atoms with Crippen molar-refractivity contribution in [3.63, 3.8) is 0 Å². The van der Waals surface area contributed by atoms with Gasteiger partial charge in [-0.2, -0.15) is 0 Å². The van der Waals surface area contributed by atoms with Gasteiger partial charge >= 0.3 is 5.97 Å². The maximum Gasteiger partial charge on any atom is 0.333 e. The topological polar surface area (TPSA) is 141 Å². The summed E-state index contributed by atoms with van der Waals surface area (Å²) in [5.41, 5.74) is 5.04. The number of amides is 3. The van der Waals surface area contributed by atoms with E-state index in [9.17, 15) is 19.2 Å². The van der Waals surface area contributed by atoms with E-state index in [4.69, 9.17) is 9.94 Å². The fourth-order valence-electron chi connectivity index (χ4n) is 5.10. The van der Waals surface area contributed by atoms with Gasteiger partial charge in [-0.25, -0.2) is 10.3 Å². The Morgan fingerprint density at radius 1 is 1.00 bits per heavy atom. The number of unbranched alkanes of at least 4 members (excludes halogenated alkanes) is 3. The van der Waals surface area contributed by atoms with Gasteiger partial charge < -0.3 is 19.9 Å². The Morgan fingerprint density at radius 3 is 2.41 bits per heavy atom. The molecule has 0 saturated heterocycles. The van der Waals surface area contributed by atoms with Crippen LogP contribution >= 0.6 is 0 Å². The molecule has 4 rings (SSSR count). The van der Waals surface area contributed by atoms with Crippen LogP contribution in [0.2, 0.25) is 0 Å². The molecule has 3 amide bonds. The number of aromatic nitrogens is 1. The summed E-state index contributed by atoms with van der Waals surface area (Å²) in [6, 6.07) is 14.9. The Kier molecular flexibility index (Phi) is 9.32. The first-order valence-electron chi connectivity index (χ1n) is 13.2. The van der Waals surface area contributed by atoms with Gasteiger partial charge in [-0.3, -0.25) is 19.6 Å². The molecule has 0 bridgehead atoms. The van der Waals surface area contributed by atoms with E-state index in [0.717, 1.165) is 35.0 Å². The number of benzene rings is 2. The van der Waals surface area contributed by atoms with E-state index in [1.54, 1.807) is 34.6 Å². The lowest BCUT2D eigenvalue weighted by Gasteiger charge is -2.35. The second-order valence-corrected chi connectivity index (χ2v) is 9.69. The van der Waals surface area contributed by atoms with Crippen molar-refractivity contribution in [2.75, 3.05) is 7.11 Å². The molecule has 0 spiro atoms. The number of methoxy groups -OCH3 is 1. The number of hydroxylamine groups is 1. The number of carbonyl (C=O) groups excluding carboxylic acids is 4. The molecule has 39 heavy (non-hydrogen) atoms. The van der Waals surface area contributed by atoms with Gasteiger partial charge in [0.05, 0.1) is 13.7 Å². The van der Waals surface area contributed by atoms with Gasteiger partial charge in [-0.15, -0.1) is 0 Å². The molecule has 0 saturated carbocycles. The van der Waals surface area contributed by atoms with Gasteiger partial charge in [0.15, 0.2) is 6.04 Å². The van der Waals surface area contributed by atoms with Crippen LogP contribution in [0.1, 0.15) is 61.4 Å². The minimum atomic E-state index is -0.999. The van der Waals surface area contributed by atoms with Gasteiger partial charge in [0.25, 0.3) is 0 Å². The summed E-state index contributed by atoms with van der Waals surface area (Å²) in [7, 11) is 1.27. The van der Waals surface area contributed by atoms with Crippen LogP contribution in [-0.4, -0.2) is 51.9 Å². The predicted molar refractivity (Wildman–Crippen MR) is 143 cm³/mol. The summed E-state index contributed by atoms with van der Waals surface area (Å²) in [5, 5.41) is 12.4. The largest absolute Gasteiger partial charge is 0.467 e. The second-order valence-electron chi connectivity index (χ2n) is 9.69. The Bertz CT molecular complexity index is 1320. The number of hydrogen-bond donors (Lipinski definition) is 4. The highest BCUT2D eigenvalue weighted by Crippen LogP contribution is 2.31. The molecule has 10 nitrogen and oxygen atoms in total. The lowest BCUT2D eigenvalue weighted by molar-refractivity contribution is -0.147. The van der Waals surface area contributed by atoms with Crippen molar-refractivity contribution in [1.29, 1.82) is 0 Å². The monoisotopic (exact) mass is 534 g/mol. The summed E-state index contributed by atoms with van der Waals surface area (Å²) in [6.07, 6.45) is 3.51. The fourth-order valence-corrected chi connectivity index (χ4v) is 5.10. The van der Waals surface area contributed by atoms with E-state index in [1.807, 2.05) is 30.3 Å². The molecule has 2 atom stereocenters. The third-order valence-electron chi connectivity index (χ3n) is 7.15. The number of aromatic amines is 1. The van der Waals surface area contributed by atoms with Crippen molar-refractivity contribution < 1.29 is 29.1 Å². The van der Waals surface area contributed by atoms with Crippen molar-refractivity contribution in [1.82, 2.24) is 20.7 Å². The first-order chi connectivity index (χ1) is 18.9. The number of nitrogens with one attached hydrogen (secondary N) is 3. The smallest absolute Gasteiger partial charge is 0.333 e. The number of H-pyrrole nitrogens is 1. The molecule has 2 heterocycles. The van der Waals surface area contributed by atoms with Crippen LogP contribution in [0.4, 0.5) is 0 Å². The number of carbonyl (C=O) groups is 4. The van der Waals surface area contributed by atoms with Gasteiger partial charge in [0, 0.05) is 35.9 Å². The molecule has 0 unspecified atom stereocenters. The number of para-hydroxylation sites is 1. The number of hydrogen-bond acceptors (Lipinski definition) is 6. The van der Waals surface area contributed by atoms with E-state index in [-0.39, 0.29) is 25.3 Å². The maximum atomic E-state index is 13.7. The summed E-state index contributed by atoms with van der Waals surface area (Å²) >= 11 is 0. The van der Waals surface area contributed by atoms with E-state index in [1.165, 1.54) is 7.11 Å². The van der Waals surface area contributed by atoms with Crippen molar-refractivity contribution in [3.8, 4) is 0 Å². The highest BCUT2D eigenvalue weighted by atomic mass is 16.5. The highest BCUT2D eigenvalue weighted by molar-refractivity contribution is 5.93. The van der Waals surface area contributed by atoms with Crippen molar-refractivity contribution in [2.45, 2.75) is 63.6 Å². The van der Waals surface area contributed by atoms with E-state index in [0.29, 0.717) is 24.8 Å². The number of esters is 1. The standard InChI is InChI=1S/C29H34N4O6/c1-39-29(37)27(19-11-5-4-6-12-19)31-28(36)24-17-21-20-13-9-10-14-22(20)30-23(21)18-33(24)26(35)16-8-3-2-7-15-25(34)32-38/h4-6,9-14,24,27,30,38H,2-3,7-8,15-18H2,1H3,(H,31,36)(H,32,34)/t24-,27-/m0/s1. The van der Waals surface area contributed by atoms with Crippen LogP contribution in [0.3, 0.4) is 0 Å². The predicted octanol–water partition coefficient (Wildman–Crippen LogP) is 3.30. The molecule has 1 aliphatic heterocycles. The summed E-state index contributed by atoms with van der Waals surface area (Å²) in [4.78, 5) is 55.9. The summed E-state index contributed by atoms with van der Waals surface area (Å²) in [6.45, 7) is 0.256. The molecule has 1 aliphatic rings. The van der Waals surface area contributed by atoms with Gasteiger partial charge in [0.2, 0.25) is 17.7 Å². The Hall–Kier alpha value is -4.18. The first-order valence-corrected chi connectivity index (χ1v) is 13.2. The average Bonchev–Trinajstić information content (AvgIpc) is 3.34. The molecule has 0 radical (unpaired) electrons. The average molecular weight is 535 g/mol. The number of rotatable bonds is 11. The van der Waals surface area contributed by atoms with E-state index < -0.39 is 29.9 Å². The quantitative estimate of drug-likeness (QED) is 0.129. The summed E-state index contributed by atoms with van der Waals surface area (Å²) in [5.74, 6) is -1.59. The van der Waals surface area contributed by atoms with Crippen LogP contribution in [0.15, 0.2) is 54.6 Å². The summed E-state index contributed by atoms with van der Waals surface area (Å²) < 4.78 is 4.96. The third kappa shape index (κ3) is 6.64. The normalized spacial score (nSPS) is 15.3. The van der Waals surface area contributed by atoms with Crippen LogP contribution in [0, 0.1) is 0 Å². The second kappa shape index (κ2) is 13.1. The molecular weight excluding hydrogens is 500 g/mol. The lowest BCUT2D eigenvalue weighted by atomic mass is 9.94. The van der Waals surface area contributed by atoms with Gasteiger partial charge in [0.1, 0.15) is 6.04 Å². The lowest BCUT2D eigenvalue weighted by Crippen LogP contribution is -2.53. The number of nitrogens with zero attached hydrogens (tertiary/aromatic N) is 1. The molecular formula is C29H34N4O6. The van der Waals surface area contributed by atoms with E-state index >= 15 is 0 Å². The van der Waals surface area contributed by atoms with Crippen molar-refractivity contribution >= 4 is 34.6 Å². The van der Waals surface area contributed by atoms with Gasteiger partial charge in [-0.1, -0.05) is 61.4 Å². The molecule has 3 aromatic rings. The van der Waals surface area contributed by atoms with Crippen molar-refractivity contribution in [2.24, 2.45) is 0 Å². The molecule has 0 aliphatic carbocycles. The van der Waals surface area contributed by atoms with Crippen LogP contribution in [-0.2, 0) is 36.9 Å². The third-order valence-corrected chi connectivity index (χ3v) is 7.15. The maximum absolute atomic E-state index is 13.7. The molecule has 10 heteroatoms. The molecule has 206 valence electrons. The number of fused-ring (bicyclic) bond motifs is 3. The Balaban J connectivity index is 1.51. The van der Waals surface area contributed by atoms with Crippen LogP contribution < -0.4 is 10.8 Å². The number of ether oxygens (including phenoxy) is 1. The molecule has 2 aromatic carbocycles. The minimum Gasteiger partial charge on any atom is -0.467 e. The van der Waals surface area contributed by atoms with E-state index in [2.05, 4.69) is 10.3 Å². The molecule has 1 aromatic heterocycles. The highest BCUT2D eigenvalue weighted by Gasteiger charge is 2.38. The SMILES string of the molecule is COC(=O)[C@@H](NC(=O)[C@@H]1Cc2c([nH]c3ccccc23)CN1C(=O)CCCCCCC(=O)NO)c1ccccc1. The van der Waals surface area contributed by atoms with Crippen LogP contribution in [0.25, 0.3) is 10.9 Å². The molecule has 0 fully saturated rings. The fraction of sp³-hybridized carbons (Fsp3) is 0.379. The van der Waals surface area contributed by atoms with Crippen molar-refractivity contribution in [3.05, 3.63) is 71.4 Å². The zero-order chi connectivity index (χ0) is 27.8. The zero-order valence-corrected chi connectivity index (χ0v) is 21.9. The van der Waals surface area contributed by atoms with Gasteiger partial charge in [-0.05, 0) is 30.0 Å². The molecule has 4 N–H and O–H groups in total. The Labute approximate surface area is 226 Å². The zero-order valence-electron chi connectivity index (χ0n) is 21.9. The minimum absolute atomic E-state index is 0.151. The van der Waals surface area contributed by atoms with Crippen LogP contribution in [0.5, 0.6) is 0 Å². The first kappa shape index (κ1) is 27.8. The Morgan fingerprint density at radius 2 is 1.69 bits per heavy atom.